The molecule has 29 heavy (non-hydrogen) atoms. The zero-order valence-corrected chi connectivity index (χ0v) is 16.1. The van der Waals surface area contributed by atoms with E-state index in [1.54, 1.807) is 30.3 Å². The number of hydrogen-bond donors (Lipinski definition) is 2. The van der Waals surface area contributed by atoms with Crippen molar-refractivity contribution in [2.75, 3.05) is 25.8 Å². The first-order chi connectivity index (χ1) is 14.0. The maximum Gasteiger partial charge on any atom is 0.331 e. The molecule has 2 amide bonds. The molecule has 2 aromatic rings. The number of rotatable bonds is 6. The van der Waals surface area contributed by atoms with Crippen LogP contribution in [0.4, 0.5) is 5.69 Å². The van der Waals surface area contributed by atoms with E-state index in [2.05, 4.69) is 10.6 Å². The molecular formula is C20H17ClN2O6. The molecule has 8 nitrogen and oxygen atoms in total. The Balaban J connectivity index is 1.52. The summed E-state index contributed by atoms with van der Waals surface area (Å²) in [5.74, 6) is -0.561. The number of fused-ring (bicyclic) bond motifs is 1. The number of hydrogen-bond acceptors (Lipinski definition) is 6. The van der Waals surface area contributed by atoms with E-state index in [0.717, 1.165) is 0 Å². The Morgan fingerprint density at radius 3 is 2.83 bits per heavy atom. The molecule has 0 aromatic heterocycles. The highest BCUT2D eigenvalue weighted by Crippen LogP contribution is 2.40. The van der Waals surface area contributed by atoms with E-state index in [9.17, 15) is 14.4 Å². The highest BCUT2D eigenvalue weighted by molar-refractivity contribution is 6.32. The van der Waals surface area contributed by atoms with Gasteiger partial charge in [-0.25, -0.2) is 4.79 Å². The number of esters is 1. The monoisotopic (exact) mass is 416 g/mol. The van der Waals surface area contributed by atoms with Crippen LogP contribution in [0, 0.1) is 0 Å². The lowest BCUT2D eigenvalue weighted by Gasteiger charge is -2.07. The van der Waals surface area contributed by atoms with Gasteiger partial charge in [0, 0.05) is 24.4 Å². The summed E-state index contributed by atoms with van der Waals surface area (Å²) in [7, 11) is 1.51. The number of amides is 2. The number of halogens is 1. The van der Waals surface area contributed by atoms with Crippen molar-refractivity contribution >= 4 is 41.1 Å². The molecule has 1 aliphatic heterocycles. The van der Waals surface area contributed by atoms with Crippen molar-refractivity contribution in [3.8, 4) is 11.5 Å². The SMILES string of the molecule is CNC(=O)c1cccc(NC(=O)COC(=O)/C=C/c2cc(Cl)c3c(c2)OCO3)c1. The van der Waals surface area contributed by atoms with E-state index in [-0.39, 0.29) is 12.7 Å². The Kier molecular flexibility index (Phi) is 6.36. The summed E-state index contributed by atoms with van der Waals surface area (Å²) in [5.41, 5.74) is 1.43. The number of benzene rings is 2. The maximum atomic E-state index is 12.0. The maximum absolute atomic E-state index is 12.0. The zero-order valence-electron chi connectivity index (χ0n) is 15.4. The van der Waals surface area contributed by atoms with Crippen LogP contribution >= 0.6 is 11.6 Å². The van der Waals surface area contributed by atoms with Crippen LogP contribution in [-0.4, -0.2) is 38.2 Å². The van der Waals surface area contributed by atoms with E-state index < -0.39 is 18.5 Å². The number of nitrogens with one attached hydrogen (secondary N) is 2. The number of carbonyl (C=O) groups is 3. The van der Waals surface area contributed by atoms with Crippen molar-refractivity contribution in [1.29, 1.82) is 0 Å². The highest BCUT2D eigenvalue weighted by Gasteiger charge is 2.17. The fourth-order valence-electron chi connectivity index (χ4n) is 2.51. The van der Waals surface area contributed by atoms with Crippen LogP contribution in [0.15, 0.2) is 42.5 Å². The minimum atomic E-state index is -0.701. The average molecular weight is 417 g/mol. The van der Waals surface area contributed by atoms with Gasteiger partial charge in [0.2, 0.25) is 6.79 Å². The summed E-state index contributed by atoms with van der Waals surface area (Å²) in [4.78, 5) is 35.4. The number of carbonyl (C=O) groups excluding carboxylic acids is 3. The first kappa shape index (κ1) is 20.2. The Morgan fingerprint density at radius 2 is 2.03 bits per heavy atom. The van der Waals surface area contributed by atoms with Gasteiger partial charge in [0.25, 0.3) is 11.8 Å². The second-order valence-corrected chi connectivity index (χ2v) is 6.29. The van der Waals surface area contributed by atoms with Gasteiger partial charge < -0.3 is 24.8 Å². The van der Waals surface area contributed by atoms with Crippen molar-refractivity contribution in [2.45, 2.75) is 0 Å². The largest absolute Gasteiger partial charge is 0.454 e. The molecule has 0 radical (unpaired) electrons. The van der Waals surface area contributed by atoms with Gasteiger partial charge in [-0.1, -0.05) is 17.7 Å². The summed E-state index contributed by atoms with van der Waals surface area (Å²) >= 11 is 6.08. The quantitative estimate of drug-likeness (QED) is 0.554. The first-order valence-corrected chi connectivity index (χ1v) is 8.90. The van der Waals surface area contributed by atoms with Crippen LogP contribution in [0.5, 0.6) is 11.5 Å². The third-order valence-corrected chi connectivity index (χ3v) is 4.12. The van der Waals surface area contributed by atoms with Crippen molar-refractivity contribution in [3.63, 3.8) is 0 Å². The van der Waals surface area contributed by atoms with Gasteiger partial charge in [-0.2, -0.15) is 0 Å². The first-order valence-electron chi connectivity index (χ1n) is 8.52. The van der Waals surface area contributed by atoms with Crippen LogP contribution in [0.2, 0.25) is 5.02 Å². The Labute approximate surface area is 171 Å². The average Bonchev–Trinajstić information content (AvgIpc) is 3.19. The summed E-state index contributed by atoms with van der Waals surface area (Å²) in [6.07, 6.45) is 2.66. The van der Waals surface area contributed by atoms with Gasteiger partial charge in [-0.3, -0.25) is 9.59 Å². The highest BCUT2D eigenvalue weighted by atomic mass is 35.5. The zero-order chi connectivity index (χ0) is 20.8. The minimum absolute atomic E-state index is 0.0887. The van der Waals surface area contributed by atoms with Crippen LogP contribution in [0.1, 0.15) is 15.9 Å². The fourth-order valence-corrected chi connectivity index (χ4v) is 2.79. The lowest BCUT2D eigenvalue weighted by atomic mass is 10.2. The van der Waals surface area contributed by atoms with Crippen LogP contribution in [0.3, 0.4) is 0 Å². The molecule has 2 aromatic carbocycles. The Bertz CT molecular complexity index is 989. The smallest absolute Gasteiger partial charge is 0.331 e. The van der Waals surface area contributed by atoms with Crippen molar-refractivity contribution in [3.05, 3.63) is 58.6 Å². The molecule has 3 rings (SSSR count). The predicted molar refractivity (Wildman–Crippen MR) is 106 cm³/mol. The van der Waals surface area contributed by atoms with Crippen molar-refractivity contribution < 1.29 is 28.6 Å². The summed E-state index contributed by atoms with van der Waals surface area (Å²) < 4.78 is 15.4. The molecule has 9 heteroatoms. The van der Waals surface area contributed by atoms with E-state index in [1.807, 2.05) is 0 Å². The predicted octanol–water partition coefficient (Wildman–Crippen LogP) is 2.62. The van der Waals surface area contributed by atoms with Gasteiger partial charge in [0.15, 0.2) is 18.1 Å². The van der Waals surface area contributed by atoms with E-state index in [1.165, 1.54) is 25.3 Å². The third kappa shape index (κ3) is 5.26. The molecule has 1 heterocycles. The van der Waals surface area contributed by atoms with Gasteiger partial charge in [-0.15, -0.1) is 0 Å². The third-order valence-electron chi connectivity index (χ3n) is 3.84. The molecule has 0 atom stereocenters. The molecule has 150 valence electrons. The van der Waals surface area contributed by atoms with Gasteiger partial charge >= 0.3 is 5.97 Å². The minimum Gasteiger partial charge on any atom is -0.454 e. The molecule has 0 fully saturated rings. The molecular weight excluding hydrogens is 400 g/mol. The van der Waals surface area contributed by atoms with E-state index in [0.29, 0.717) is 33.3 Å². The second kappa shape index (κ2) is 9.11. The van der Waals surface area contributed by atoms with Gasteiger partial charge in [0.05, 0.1) is 5.02 Å². The molecule has 0 aliphatic carbocycles. The summed E-state index contributed by atoms with van der Waals surface area (Å²) in [5, 5.41) is 5.42. The lowest BCUT2D eigenvalue weighted by Crippen LogP contribution is -2.21. The summed E-state index contributed by atoms with van der Waals surface area (Å²) in [6, 6.07) is 9.67. The molecule has 0 bridgehead atoms. The normalized spacial score (nSPS) is 11.9. The number of ether oxygens (including phenoxy) is 3. The van der Waals surface area contributed by atoms with Crippen LogP contribution in [0.25, 0.3) is 6.08 Å². The lowest BCUT2D eigenvalue weighted by molar-refractivity contribution is -0.142. The molecule has 1 aliphatic rings. The van der Waals surface area contributed by atoms with E-state index >= 15 is 0 Å². The molecule has 2 N–H and O–H groups in total. The van der Waals surface area contributed by atoms with E-state index in [4.69, 9.17) is 25.8 Å². The second-order valence-electron chi connectivity index (χ2n) is 5.89. The molecule has 0 unspecified atom stereocenters. The topological polar surface area (TPSA) is 103 Å². The van der Waals surface area contributed by atoms with Crippen molar-refractivity contribution in [2.24, 2.45) is 0 Å². The van der Waals surface area contributed by atoms with Crippen LogP contribution in [-0.2, 0) is 14.3 Å². The number of anilines is 1. The van der Waals surface area contributed by atoms with Crippen LogP contribution < -0.4 is 20.1 Å². The Hall–Kier alpha value is -3.52. The molecule has 0 saturated heterocycles. The summed E-state index contributed by atoms with van der Waals surface area (Å²) in [6.45, 7) is -0.388. The van der Waals surface area contributed by atoms with Gasteiger partial charge in [-0.05, 0) is 42.0 Å². The van der Waals surface area contributed by atoms with Crippen molar-refractivity contribution in [1.82, 2.24) is 5.32 Å². The fraction of sp³-hybridized carbons (Fsp3) is 0.150. The Morgan fingerprint density at radius 1 is 1.21 bits per heavy atom. The van der Waals surface area contributed by atoms with Gasteiger partial charge in [0.1, 0.15) is 0 Å². The standard InChI is InChI=1S/C20H17ClN2O6/c1-22-20(26)13-3-2-4-14(9-13)23-17(24)10-27-18(25)6-5-12-7-15(21)19-16(8-12)28-11-29-19/h2-9H,10-11H2,1H3,(H,22,26)(H,23,24)/b6-5+. The molecule has 0 spiro atoms. The molecule has 0 saturated carbocycles.